The molecule has 0 atom stereocenters. The van der Waals surface area contributed by atoms with Crippen LogP contribution in [0, 0.1) is 0 Å². The second-order valence-corrected chi connectivity index (χ2v) is 1.58. The van der Waals surface area contributed by atoms with E-state index in [2.05, 4.69) is 6.58 Å². The Balaban J connectivity index is 4.07. The molecule has 0 bridgehead atoms. The van der Waals surface area contributed by atoms with Crippen LogP contribution in [-0.2, 0) is 4.79 Å². The van der Waals surface area contributed by atoms with Gasteiger partial charge in [0.05, 0.1) is 0 Å². The third-order valence-corrected chi connectivity index (χ3v) is 0.846. The average Bonchev–Trinajstić information content (AvgIpc) is 1.98. The molecule has 0 unspecified atom stereocenters. The van der Waals surface area contributed by atoms with Crippen molar-refractivity contribution in [3.63, 3.8) is 0 Å². The number of aldehydes is 1. The lowest BCUT2D eigenvalue weighted by atomic mass is 10.2. The van der Waals surface area contributed by atoms with Crippen molar-refractivity contribution in [1.29, 1.82) is 0 Å². The summed E-state index contributed by atoms with van der Waals surface area (Å²) in [5, 5.41) is 0. The van der Waals surface area contributed by atoms with Crippen LogP contribution >= 0.6 is 0 Å². The zero-order chi connectivity index (χ0) is 7.82. The molecule has 0 radical (unpaired) electrons. The summed E-state index contributed by atoms with van der Waals surface area (Å²) in [6, 6.07) is 0. The van der Waals surface area contributed by atoms with Gasteiger partial charge in [-0.1, -0.05) is 30.9 Å². The molecule has 0 rings (SSSR count). The second kappa shape index (κ2) is 5.95. The van der Waals surface area contributed by atoms with Crippen LogP contribution in [0.25, 0.3) is 0 Å². The highest BCUT2D eigenvalue weighted by atomic mass is 19.1. The average molecular weight is 140 g/mol. The standard InChI is InChI=1S/C8H9FO/c1-2-4-8(7-10)5-3-6-9/h2-5,7H,1,6H2/b5-3-,8-4+. The minimum Gasteiger partial charge on any atom is -0.298 e. The molecule has 0 spiro atoms. The maximum absolute atomic E-state index is 11.5. The lowest BCUT2D eigenvalue weighted by molar-refractivity contribution is -0.104. The fraction of sp³-hybridized carbons (Fsp3) is 0.125. The molecule has 0 saturated heterocycles. The number of hydrogen-bond donors (Lipinski definition) is 0. The van der Waals surface area contributed by atoms with Gasteiger partial charge in [0.25, 0.3) is 0 Å². The van der Waals surface area contributed by atoms with Gasteiger partial charge in [0.1, 0.15) is 13.0 Å². The molecule has 10 heavy (non-hydrogen) atoms. The number of carbonyl (C=O) groups is 1. The molecule has 0 aromatic rings. The SMILES string of the molecule is C=C/C=C(C=O)\C=C/CF. The van der Waals surface area contributed by atoms with Gasteiger partial charge in [-0.15, -0.1) is 0 Å². The molecule has 54 valence electrons. The molecule has 0 amide bonds. The van der Waals surface area contributed by atoms with E-state index in [1.807, 2.05) is 0 Å². The largest absolute Gasteiger partial charge is 0.298 e. The van der Waals surface area contributed by atoms with E-state index in [0.29, 0.717) is 11.9 Å². The van der Waals surface area contributed by atoms with Gasteiger partial charge in [-0.25, -0.2) is 4.39 Å². The normalized spacial score (nSPS) is 11.9. The molecule has 0 fully saturated rings. The number of rotatable bonds is 4. The highest BCUT2D eigenvalue weighted by Crippen LogP contribution is 1.92. The number of hydrogen-bond acceptors (Lipinski definition) is 1. The summed E-state index contributed by atoms with van der Waals surface area (Å²) < 4.78 is 11.5. The first-order valence-corrected chi connectivity index (χ1v) is 2.85. The van der Waals surface area contributed by atoms with E-state index in [1.54, 1.807) is 0 Å². The van der Waals surface area contributed by atoms with Gasteiger partial charge in [0.15, 0.2) is 0 Å². The predicted molar refractivity (Wildman–Crippen MR) is 39.5 cm³/mol. The van der Waals surface area contributed by atoms with Crippen molar-refractivity contribution >= 4 is 6.29 Å². The van der Waals surface area contributed by atoms with Crippen LogP contribution in [0.1, 0.15) is 0 Å². The third kappa shape index (κ3) is 3.78. The molecule has 0 aromatic carbocycles. The van der Waals surface area contributed by atoms with Crippen LogP contribution < -0.4 is 0 Å². The maximum Gasteiger partial charge on any atom is 0.150 e. The van der Waals surface area contributed by atoms with E-state index in [1.165, 1.54) is 24.3 Å². The van der Waals surface area contributed by atoms with E-state index < -0.39 is 6.67 Å². The van der Waals surface area contributed by atoms with Gasteiger partial charge in [-0.2, -0.15) is 0 Å². The first-order chi connectivity index (χ1) is 4.85. The van der Waals surface area contributed by atoms with Crippen LogP contribution in [-0.4, -0.2) is 13.0 Å². The van der Waals surface area contributed by atoms with Gasteiger partial charge < -0.3 is 0 Å². The minimum atomic E-state index is -0.553. The number of halogens is 1. The molecule has 0 heterocycles. The van der Waals surface area contributed by atoms with Crippen molar-refractivity contribution in [2.24, 2.45) is 0 Å². The van der Waals surface area contributed by atoms with Crippen molar-refractivity contribution in [2.45, 2.75) is 0 Å². The van der Waals surface area contributed by atoms with Gasteiger partial charge in [0.2, 0.25) is 0 Å². The summed E-state index contributed by atoms with van der Waals surface area (Å²) in [5.41, 5.74) is 0.424. The predicted octanol–water partition coefficient (Wildman–Crippen LogP) is 1.82. The second-order valence-electron chi connectivity index (χ2n) is 1.58. The van der Waals surface area contributed by atoms with E-state index in [0.717, 1.165) is 0 Å². The fourth-order valence-corrected chi connectivity index (χ4v) is 0.451. The number of alkyl halides is 1. The van der Waals surface area contributed by atoms with Crippen molar-refractivity contribution in [1.82, 2.24) is 0 Å². The van der Waals surface area contributed by atoms with Crippen molar-refractivity contribution in [3.05, 3.63) is 36.5 Å². The molecular weight excluding hydrogens is 131 g/mol. The van der Waals surface area contributed by atoms with Gasteiger partial charge in [-0.05, 0) is 0 Å². The Hall–Kier alpha value is -1.18. The summed E-state index contributed by atoms with van der Waals surface area (Å²) >= 11 is 0. The summed E-state index contributed by atoms with van der Waals surface area (Å²) in [4.78, 5) is 10.1. The molecule has 1 nitrogen and oxygen atoms in total. The van der Waals surface area contributed by atoms with Crippen molar-refractivity contribution in [2.75, 3.05) is 6.67 Å². The maximum atomic E-state index is 11.5. The Bertz CT molecular complexity index is 168. The Kier molecular flexibility index (Phi) is 5.25. The Morgan fingerprint density at radius 3 is 2.70 bits per heavy atom. The van der Waals surface area contributed by atoms with Crippen LogP contribution in [0.5, 0.6) is 0 Å². The lowest BCUT2D eigenvalue weighted by Gasteiger charge is -1.83. The quantitative estimate of drug-likeness (QED) is 0.330. The third-order valence-electron chi connectivity index (χ3n) is 0.846. The molecular formula is C8H9FO. The van der Waals surface area contributed by atoms with E-state index in [9.17, 15) is 9.18 Å². The summed E-state index contributed by atoms with van der Waals surface area (Å²) in [6.07, 6.45) is 6.32. The van der Waals surface area contributed by atoms with Crippen molar-refractivity contribution in [3.8, 4) is 0 Å². The lowest BCUT2D eigenvalue weighted by Crippen LogP contribution is -1.77. The number of allylic oxidation sites excluding steroid dienone is 5. The Labute approximate surface area is 59.6 Å². The van der Waals surface area contributed by atoms with Crippen LogP contribution in [0.2, 0.25) is 0 Å². The minimum absolute atomic E-state index is 0.424. The number of carbonyl (C=O) groups excluding carboxylic acids is 1. The smallest absolute Gasteiger partial charge is 0.150 e. The first-order valence-electron chi connectivity index (χ1n) is 2.85. The fourth-order valence-electron chi connectivity index (χ4n) is 0.451. The Morgan fingerprint density at radius 1 is 1.60 bits per heavy atom. The monoisotopic (exact) mass is 140 g/mol. The first kappa shape index (κ1) is 8.82. The van der Waals surface area contributed by atoms with Gasteiger partial charge in [-0.3, -0.25) is 4.79 Å². The van der Waals surface area contributed by atoms with Crippen LogP contribution in [0.3, 0.4) is 0 Å². The summed E-state index contributed by atoms with van der Waals surface area (Å²) in [6.45, 7) is 2.84. The molecule has 2 heteroatoms. The van der Waals surface area contributed by atoms with E-state index >= 15 is 0 Å². The summed E-state index contributed by atoms with van der Waals surface area (Å²) in [5.74, 6) is 0. The molecule has 0 saturated carbocycles. The molecule has 0 aliphatic carbocycles. The highest BCUT2D eigenvalue weighted by Gasteiger charge is 1.83. The van der Waals surface area contributed by atoms with Crippen LogP contribution in [0.15, 0.2) is 36.5 Å². The molecule has 0 N–H and O–H groups in total. The highest BCUT2D eigenvalue weighted by molar-refractivity contribution is 5.77. The van der Waals surface area contributed by atoms with E-state index in [4.69, 9.17) is 0 Å². The topological polar surface area (TPSA) is 17.1 Å². The van der Waals surface area contributed by atoms with Crippen molar-refractivity contribution < 1.29 is 9.18 Å². The molecule has 0 aliphatic rings. The van der Waals surface area contributed by atoms with E-state index in [-0.39, 0.29) is 0 Å². The summed E-state index contributed by atoms with van der Waals surface area (Å²) in [7, 11) is 0. The zero-order valence-electron chi connectivity index (χ0n) is 5.59. The molecule has 0 aromatic heterocycles. The zero-order valence-corrected chi connectivity index (χ0v) is 5.59. The van der Waals surface area contributed by atoms with Gasteiger partial charge >= 0.3 is 0 Å². The molecule has 0 aliphatic heterocycles. The van der Waals surface area contributed by atoms with Gasteiger partial charge in [0, 0.05) is 5.57 Å². The van der Waals surface area contributed by atoms with Crippen LogP contribution in [0.4, 0.5) is 4.39 Å². The Morgan fingerprint density at radius 2 is 2.30 bits per heavy atom.